The van der Waals surface area contributed by atoms with Crippen LogP contribution in [-0.4, -0.2) is 5.06 Å². The summed E-state index contributed by atoms with van der Waals surface area (Å²) in [4.78, 5) is 0. The van der Waals surface area contributed by atoms with E-state index in [2.05, 4.69) is 0 Å². The summed E-state index contributed by atoms with van der Waals surface area (Å²) in [5.74, 6) is 0. The van der Waals surface area contributed by atoms with E-state index in [4.69, 9.17) is 0 Å². The van der Waals surface area contributed by atoms with Gasteiger partial charge in [0.1, 0.15) is 0 Å². The fraction of sp³-hybridized carbons (Fsp3) is 0.600. The molecule has 0 unspecified atom stereocenters. The van der Waals surface area contributed by atoms with Gasteiger partial charge in [-0.1, -0.05) is 0 Å². The van der Waals surface area contributed by atoms with Gasteiger partial charge in [-0.3, -0.25) is 12.6 Å². The van der Waals surface area contributed by atoms with Crippen molar-refractivity contribution in [3.8, 4) is 0 Å². The maximum absolute atomic E-state index is 10.3. The van der Waals surface area contributed by atoms with Crippen LogP contribution in [0.3, 0.4) is 0 Å². The van der Waals surface area contributed by atoms with Crippen LogP contribution in [0.15, 0.2) is 0 Å². The molecule has 0 spiro atoms. The molecule has 0 aromatic rings. The van der Waals surface area contributed by atoms with Crippen molar-refractivity contribution in [1.82, 2.24) is 5.06 Å². The molecule has 0 aromatic heterocycles. The quantitative estimate of drug-likeness (QED) is 0.251. The van der Waals surface area contributed by atoms with Crippen molar-refractivity contribution in [2.75, 3.05) is 0 Å². The van der Waals surface area contributed by atoms with Gasteiger partial charge in [-0.05, 0) is 0 Å². The molecule has 0 aliphatic carbocycles. The molecular formula is C5H10NOReRfRh-2. The van der Waals surface area contributed by atoms with Gasteiger partial charge in [0.05, 0.1) is 0 Å². The molecule has 2 nitrogen and oxygen atoms in total. The van der Waals surface area contributed by atoms with Gasteiger partial charge in [-0.15, -0.1) is 0 Å². The zero-order chi connectivity index (χ0) is 5.86. The number of nitrogens with zero attached hydrogens (tertiary/aromatic N) is 1. The van der Waals surface area contributed by atoms with Crippen molar-refractivity contribution < 1.29 is 45.1 Å². The zero-order valence-corrected chi connectivity index (χ0v) is 17.1. The Morgan fingerprint density at radius 3 is 1.70 bits per heavy atom. The number of hydrogen-bond donors (Lipinski definition) is 0. The molecular weight excluding hydrogens is 646 g/mol. The molecule has 0 aliphatic rings. The minimum atomic E-state index is 0. The summed E-state index contributed by atoms with van der Waals surface area (Å²) >= 11 is 0. The Bertz CT molecular complexity index is 58.9. The van der Waals surface area contributed by atoms with Crippen LogP contribution in [0.5, 0.6) is 0 Å². The summed E-state index contributed by atoms with van der Waals surface area (Å²) < 4.78 is 0. The second-order valence-corrected chi connectivity index (χ2v) is 1.53. The fourth-order valence-electron chi connectivity index (χ4n) is 0.258. The van der Waals surface area contributed by atoms with Crippen molar-refractivity contribution in [3.63, 3.8) is 0 Å². The topological polar surface area (TPSA) is 23.1 Å². The van der Waals surface area contributed by atoms with Crippen LogP contribution in [0.1, 0.15) is 20.8 Å². The maximum Gasteiger partial charge on any atom is 0 e. The van der Waals surface area contributed by atoms with Crippen LogP contribution in [0.25, 0.3) is 0 Å². The third kappa shape index (κ3) is 11.1. The molecule has 0 aromatic carbocycles. The van der Waals surface area contributed by atoms with Gasteiger partial charge in [-0.25, -0.2) is 0 Å². The van der Waals surface area contributed by atoms with E-state index in [-0.39, 0.29) is 39.9 Å². The Labute approximate surface area is 83.4 Å². The van der Waals surface area contributed by atoms with Gasteiger partial charge in [0.15, 0.2) is 0 Å². The first-order chi connectivity index (χ1) is 3.18. The molecule has 0 amide bonds. The second kappa shape index (κ2) is 11.9. The SMILES string of the molecule is C[CH-]N([O])[C-](C)C.[Re].[Rf].[Rh]. The third-order valence-corrected chi connectivity index (χ3v) is 0.675. The Kier molecular flexibility index (Phi) is 26.8. The first-order valence-electron chi connectivity index (χ1n) is 2.24. The number of hydroxylamine groups is 2. The Balaban J connectivity index is -0.0000000600. The van der Waals surface area contributed by atoms with E-state index < -0.39 is 0 Å². The summed E-state index contributed by atoms with van der Waals surface area (Å²) in [6.07, 6.45) is 0. The Morgan fingerprint density at radius 2 is 1.70 bits per heavy atom. The minimum absolute atomic E-state index is 0. The normalized spacial score (nSPS) is 7.80. The van der Waals surface area contributed by atoms with Crippen molar-refractivity contribution in [3.05, 3.63) is 12.6 Å². The van der Waals surface area contributed by atoms with Gasteiger partial charge in [0.2, 0.25) is 0 Å². The molecule has 0 rings (SSSR count). The number of hydrogen-bond acceptors (Lipinski definition) is 1. The van der Waals surface area contributed by atoms with Gasteiger partial charge in [0, 0.05) is 39.9 Å². The summed E-state index contributed by atoms with van der Waals surface area (Å²) in [6, 6.07) is 0.766. The molecule has 0 fully saturated rings. The van der Waals surface area contributed by atoms with Crippen LogP contribution < -0.4 is 0 Å². The molecule has 10 heavy (non-hydrogen) atoms. The average molecular weight is 656 g/mol. The largest absolute Gasteiger partial charge is 0.451 e. The molecule has 0 saturated carbocycles. The second-order valence-electron chi connectivity index (χ2n) is 1.53. The van der Waals surface area contributed by atoms with Crippen molar-refractivity contribution in [2.24, 2.45) is 0 Å². The third-order valence-electron chi connectivity index (χ3n) is 0.675. The van der Waals surface area contributed by atoms with E-state index >= 15 is 0 Å². The first kappa shape index (κ1) is 22.5. The molecule has 0 heterocycles. The van der Waals surface area contributed by atoms with Gasteiger partial charge < -0.3 is 5.06 Å². The molecule has 3 radical (unpaired) electrons. The van der Waals surface area contributed by atoms with Crippen LogP contribution in [-0.2, 0) is 45.1 Å². The van der Waals surface area contributed by atoms with E-state index in [1.54, 1.807) is 20.8 Å². The molecule has 0 saturated heterocycles. The van der Waals surface area contributed by atoms with Crippen molar-refractivity contribution in [2.45, 2.75) is 20.8 Å². The van der Waals surface area contributed by atoms with Crippen LogP contribution in [0.2, 0.25) is 0 Å². The van der Waals surface area contributed by atoms with Crippen LogP contribution in [0, 0.1) is 12.6 Å². The molecule has 0 N–H and O–H groups in total. The smallest absolute Gasteiger partial charge is 0 e. The van der Waals surface area contributed by atoms with Crippen molar-refractivity contribution in [1.29, 1.82) is 0 Å². The van der Waals surface area contributed by atoms with Crippen LogP contribution in [0.4, 0.5) is 0 Å². The summed E-state index contributed by atoms with van der Waals surface area (Å²) in [6.45, 7) is 6.73. The maximum atomic E-state index is 10.3. The van der Waals surface area contributed by atoms with E-state index in [0.29, 0.717) is 0 Å². The standard InChI is InChI=1S/C5H10NO.Re.Rf.Rh/c1-4-6(7)5(2)3;;;/h4H,1-3H3;;;/q-2;;;. The minimum Gasteiger partial charge on any atom is -0.451 e. The molecule has 0 atom stereocenters. The Morgan fingerprint density at radius 1 is 1.40 bits per heavy atom. The number of rotatable bonds is 2. The van der Waals surface area contributed by atoms with Gasteiger partial charge >= 0.3 is 0 Å². The van der Waals surface area contributed by atoms with Gasteiger partial charge in [-0.2, -0.15) is 26.0 Å². The molecule has 61 valence electrons. The molecule has 5 heteroatoms. The fourth-order valence-corrected chi connectivity index (χ4v) is 0.258. The van der Waals surface area contributed by atoms with E-state index in [1.807, 2.05) is 0 Å². The predicted molar refractivity (Wildman–Crippen MR) is 27.1 cm³/mol. The zero-order valence-electron chi connectivity index (χ0n) is 6.35. The summed E-state index contributed by atoms with van der Waals surface area (Å²) in [5.41, 5.74) is 0. The van der Waals surface area contributed by atoms with E-state index in [1.165, 1.54) is 6.54 Å². The summed E-state index contributed by atoms with van der Waals surface area (Å²) in [5, 5.41) is 11.2. The van der Waals surface area contributed by atoms with Crippen LogP contribution >= 0.6 is 0 Å². The Hall–Kier alpha value is 0.206. The van der Waals surface area contributed by atoms with Crippen molar-refractivity contribution >= 4 is 0 Å². The molecule has 0 bridgehead atoms. The predicted octanol–water partition coefficient (Wildman–Crippen LogP) is 1.38. The monoisotopic (exact) mass is 657 g/mol. The van der Waals surface area contributed by atoms with E-state index in [0.717, 1.165) is 11.1 Å². The van der Waals surface area contributed by atoms with Gasteiger partial charge in [0.25, 0.3) is 0 Å². The first-order valence-corrected chi connectivity index (χ1v) is 2.24. The summed E-state index contributed by atoms with van der Waals surface area (Å²) in [7, 11) is 0. The van der Waals surface area contributed by atoms with E-state index in [9.17, 15) is 5.21 Å². The molecule has 0 aliphatic heterocycles. The average Bonchev–Trinajstić information content (AvgIpc) is 1.65.